The van der Waals surface area contributed by atoms with Gasteiger partial charge < -0.3 is 10.6 Å². The van der Waals surface area contributed by atoms with Gasteiger partial charge in [-0.05, 0) is 45.0 Å². The van der Waals surface area contributed by atoms with E-state index >= 15 is 0 Å². The Morgan fingerprint density at radius 1 is 1.39 bits per heavy atom. The van der Waals surface area contributed by atoms with Crippen LogP contribution in [0, 0.1) is 5.41 Å². The molecule has 1 unspecified atom stereocenters. The zero-order chi connectivity index (χ0) is 13.4. The van der Waals surface area contributed by atoms with Gasteiger partial charge in [0.25, 0.3) is 0 Å². The predicted molar refractivity (Wildman–Crippen MR) is 80.0 cm³/mol. The number of hydrogen-bond donors (Lipinski definition) is 2. The molecule has 0 aromatic rings. The van der Waals surface area contributed by atoms with Gasteiger partial charge in [0.2, 0.25) is 5.91 Å². The highest BCUT2D eigenvalue weighted by molar-refractivity contribution is 7.99. The first kappa shape index (κ1) is 15.8. The molecule has 0 radical (unpaired) electrons. The van der Waals surface area contributed by atoms with Crippen LogP contribution in [0.2, 0.25) is 0 Å². The molecule has 3 nitrogen and oxygen atoms in total. The molecule has 1 rings (SSSR count). The largest absolute Gasteiger partial charge is 0.352 e. The maximum atomic E-state index is 12.5. The normalized spacial score (nSPS) is 20.4. The van der Waals surface area contributed by atoms with Crippen molar-refractivity contribution in [2.45, 2.75) is 52.5 Å². The molecular weight excluding hydrogens is 244 g/mol. The van der Waals surface area contributed by atoms with E-state index in [1.54, 1.807) is 0 Å². The highest BCUT2D eigenvalue weighted by Gasteiger charge is 2.38. The van der Waals surface area contributed by atoms with Crippen molar-refractivity contribution in [1.82, 2.24) is 10.6 Å². The Labute approximate surface area is 116 Å². The molecule has 1 heterocycles. The van der Waals surface area contributed by atoms with E-state index in [0.717, 1.165) is 50.3 Å². The highest BCUT2D eigenvalue weighted by Crippen LogP contribution is 2.34. The summed E-state index contributed by atoms with van der Waals surface area (Å²) in [6.45, 7) is 8.40. The van der Waals surface area contributed by atoms with Gasteiger partial charge in [0, 0.05) is 11.8 Å². The van der Waals surface area contributed by atoms with Crippen molar-refractivity contribution >= 4 is 17.7 Å². The van der Waals surface area contributed by atoms with E-state index in [1.807, 2.05) is 11.8 Å². The molecule has 18 heavy (non-hydrogen) atoms. The van der Waals surface area contributed by atoms with Crippen LogP contribution >= 0.6 is 11.8 Å². The SMILES string of the molecule is CCCC1(C(=O)NC(C)CSCC)CCNCC1. The van der Waals surface area contributed by atoms with E-state index in [4.69, 9.17) is 0 Å². The lowest BCUT2D eigenvalue weighted by molar-refractivity contribution is -0.133. The van der Waals surface area contributed by atoms with Crippen molar-refractivity contribution in [2.75, 3.05) is 24.6 Å². The molecule has 0 aromatic heterocycles. The van der Waals surface area contributed by atoms with Crippen LogP contribution in [0.3, 0.4) is 0 Å². The molecule has 1 atom stereocenters. The third-order valence-corrected chi connectivity index (χ3v) is 4.86. The molecule has 1 fully saturated rings. The minimum atomic E-state index is -0.106. The molecule has 106 valence electrons. The Morgan fingerprint density at radius 2 is 2.06 bits per heavy atom. The fraction of sp³-hybridized carbons (Fsp3) is 0.929. The van der Waals surface area contributed by atoms with Crippen LogP contribution in [0.1, 0.15) is 46.5 Å². The van der Waals surface area contributed by atoms with Crippen LogP contribution in [-0.2, 0) is 4.79 Å². The highest BCUT2D eigenvalue weighted by atomic mass is 32.2. The average molecular weight is 272 g/mol. The molecular formula is C14H28N2OS. The summed E-state index contributed by atoms with van der Waals surface area (Å²) < 4.78 is 0. The number of carbonyl (C=O) groups excluding carboxylic acids is 1. The molecule has 0 spiro atoms. The van der Waals surface area contributed by atoms with Gasteiger partial charge in [-0.2, -0.15) is 11.8 Å². The summed E-state index contributed by atoms with van der Waals surface area (Å²) in [7, 11) is 0. The molecule has 1 saturated heterocycles. The number of thioether (sulfide) groups is 1. The van der Waals surface area contributed by atoms with Crippen LogP contribution in [0.5, 0.6) is 0 Å². The van der Waals surface area contributed by atoms with E-state index in [9.17, 15) is 4.79 Å². The minimum absolute atomic E-state index is 0.106. The third kappa shape index (κ3) is 4.47. The molecule has 0 aliphatic carbocycles. The number of rotatable bonds is 7. The van der Waals surface area contributed by atoms with Crippen molar-refractivity contribution < 1.29 is 4.79 Å². The molecule has 4 heteroatoms. The number of piperidine rings is 1. The lowest BCUT2D eigenvalue weighted by Crippen LogP contribution is -2.50. The smallest absolute Gasteiger partial charge is 0.226 e. The second-order valence-electron chi connectivity index (χ2n) is 5.31. The van der Waals surface area contributed by atoms with Gasteiger partial charge in [0.1, 0.15) is 0 Å². The summed E-state index contributed by atoms with van der Waals surface area (Å²) in [5.74, 6) is 2.42. The molecule has 1 aliphatic heterocycles. The lowest BCUT2D eigenvalue weighted by Gasteiger charge is -2.37. The van der Waals surface area contributed by atoms with Gasteiger partial charge in [-0.25, -0.2) is 0 Å². The van der Waals surface area contributed by atoms with E-state index in [0.29, 0.717) is 0 Å². The van der Waals surface area contributed by atoms with E-state index in [-0.39, 0.29) is 17.4 Å². The summed E-state index contributed by atoms with van der Waals surface area (Å²) in [4.78, 5) is 12.5. The van der Waals surface area contributed by atoms with E-state index in [1.165, 1.54) is 0 Å². The first-order valence-electron chi connectivity index (χ1n) is 7.24. The fourth-order valence-electron chi connectivity index (χ4n) is 2.69. The maximum Gasteiger partial charge on any atom is 0.226 e. The number of carbonyl (C=O) groups is 1. The van der Waals surface area contributed by atoms with Gasteiger partial charge >= 0.3 is 0 Å². The quantitative estimate of drug-likeness (QED) is 0.748. The summed E-state index contributed by atoms with van der Waals surface area (Å²) >= 11 is 1.89. The second-order valence-corrected chi connectivity index (χ2v) is 6.63. The summed E-state index contributed by atoms with van der Waals surface area (Å²) in [6.07, 6.45) is 4.08. The topological polar surface area (TPSA) is 41.1 Å². The van der Waals surface area contributed by atoms with Crippen molar-refractivity contribution in [3.63, 3.8) is 0 Å². The Hall–Kier alpha value is -0.220. The summed E-state index contributed by atoms with van der Waals surface area (Å²) in [5.41, 5.74) is -0.106. The second kappa shape index (κ2) is 8.05. The standard InChI is InChI=1S/C14H28N2OS/c1-4-6-14(7-9-15-10-8-14)13(17)16-12(3)11-18-5-2/h12,15H,4-11H2,1-3H3,(H,16,17). The van der Waals surface area contributed by atoms with Gasteiger partial charge in [-0.15, -0.1) is 0 Å². The first-order chi connectivity index (χ1) is 8.64. The molecule has 0 aromatic carbocycles. The zero-order valence-electron chi connectivity index (χ0n) is 12.1. The van der Waals surface area contributed by atoms with Crippen LogP contribution in [0.15, 0.2) is 0 Å². The van der Waals surface area contributed by atoms with E-state index < -0.39 is 0 Å². The first-order valence-corrected chi connectivity index (χ1v) is 8.39. The number of amides is 1. The van der Waals surface area contributed by atoms with E-state index in [2.05, 4.69) is 31.4 Å². The Bertz CT molecular complexity index is 247. The maximum absolute atomic E-state index is 12.5. The van der Waals surface area contributed by atoms with Crippen molar-refractivity contribution in [1.29, 1.82) is 0 Å². The molecule has 1 aliphatic rings. The van der Waals surface area contributed by atoms with Crippen molar-refractivity contribution in [3.05, 3.63) is 0 Å². The Morgan fingerprint density at radius 3 is 2.61 bits per heavy atom. The average Bonchev–Trinajstić information content (AvgIpc) is 2.37. The zero-order valence-corrected chi connectivity index (χ0v) is 12.9. The fourth-order valence-corrected chi connectivity index (χ4v) is 3.36. The number of hydrogen-bond acceptors (Lipinski definition) is 3. The number of nitrogens with one attached hydrogen (secondary N) is 2. The van der Waals surface area contributed by atoms with Crippen molar-refractivity contribution in [2.24, 2.45) is 5.41 Å². The summed E-state index contributed by atoms with van der Waals surface area (Å²) in [6, 6.07) is 0.283. The van der Waals surface area contributed by atoms with Gasteiger partial charge in [-0.3, -0.25) is 4.79 Å². The minimum Gasteiger partial charge on any atom is -0.352 e. The van der Waals surface area contributed by atoms with Crippen LogP contribution < -0.4 is 10.6 Å². The Balaban J connectivity index is 2.53. The van der Waals surface area contributed by atoms with Crippen LogP contribution in [0.4, 0.5) is 0 Å². The third-order valence-electron chi connectivity index (χ3n) is 3.72. The predicted octanol–water partition coefficient (Wildman–Crippen LogP) is 2.41. The molecule has 1 amide bonds. The molecule has 0 saturated carbocycles. The monoisotopic (exact) mass is 272 g/mol. The molecule has 0 bridgehead atoms. The Kier molecular flexibility index (Phi) is 7.08. The van der Waals surface area contributed by atoms with Crippen molar-refractivity contribution in [3.8, 4) is 0 Å². The molecule has 2 N–H and O–H groups in total. The summed E-state index contributed by atoms with van der Waals surface area (Å²) in [5, 5.41) is 6.58. The van der Waals surface area contributed by atoms with Gasteiger partial charge in [0.05, 0.1) is 5.41 Å². The van der Waals surface area contributed by atoms with Gasteiger partial charge in [0.15, 0.2) is 0 Å². The lowest BCUT2D eigenvalue weighted by atomic mass is 9.74. The van der Waals surface area contributed by atoms with Crippen LogP contribution in [0.25, 0.3) is 0 Å². The van der Waals surface area contributed by atoms with Gasteiger partial charge in [-0.1, -0.05) is 20.3 Å². The van der Waals surface area contributed by atoms with Crippen LogP contribution in [-0.4, -0.2) is 36.5 Å².